The van der Waals surface area contributed by atoms with Crippen LogP contribution >= 0.6 is 0 Å². The van der Waals surface area contributed by atoms with Gasteiger partial charge in [0.2, 0.25) is 0 Å². The molecule has 0 atom stereocenters. The second-order valence-electron chi connectivity index (χ2n) is 3.64. The molecule has 0 N–H and O–H groups in total. The van der Waals surface area contributed by atoms with Crippen LogP contribution in [0.2, 0.25) is 0 Å². The van der Waals surface area contributed by atoms with Gasteiger partial charge in [-0.1, -0.05) is 37.4 Å². The fourth-order valence-electron chi connectivity index (χ4n) is 1.60. The Kier molecular flexibility index (Phi) is 2.73. The van der Waals surface area contributed by atoms with Crippen LogP contribution in [0, 0.1) is 0 Å². The fourth-order valence-corrected chi connectivity index (χ4v) is 1.60. The Balaban J connectivity index is 2.52. The second-order valence-corrected chi connectivity index (χ2v) is 3.64. The Labute approximate surface area is 94.9 Å². The minimum atomic E-state index is 0.580. The molecule has 0 unspecified atom stereocenters. The maximum absolute atomic E-state index is 5.42. The molecule has 2 rings (SSSR count). The number of nitrogens with zero attached hydrogens (tertiary/aromatic N) is 1. The number of aromatic nitrogens is 1. The molecule has 16 heavy (non-hydrogen) atoms. The standard InChI is InChI=1S/C14H13NO/c1-10(2)16-11(3)14-9-15-8-12-6-4-5-7-13(12)14/h4-9H,1,3H2,2H3. The van der Waals surface area contributed by atoms with Gasteiger partial charge in [-0.2, -0.15) is 0 Å². The van der Waals surface area contributed by atoms with Crippen molar-refractivity contribution < 1.29 is 4.74 Å². The Bertz CT molecular complexity index is 552. The molecule has 1 aromatic carbocycles. The largest absolute Gasteiger partial charge is 0.463 e. The average Bonchev–Trinajstić information content (AvgIpc) is 2.27. The molecule has 0 aliphatic carbocycles. The summed E-state index contributed by atoms with van der Waals surface area (Å²) in [5.41, 5.74) is 0.904. The van der Waals surface area contributed by atoms with Crippen LogP contribution in [-0.4, -0.2) is 4.98 Å². The highest BCUT2D eigenvalue weighted by Crippen LogP contribution is 2.24. The topological polar surface area (TPSA) is 22.1 Å². The minimum absolute atomic E-state index is 0.580. The van der Waals surface area contributed by atoms with Crippen molar-refractivity contribution in [3.8, 4) is 0 Å². The zero-order valence-corrected chi connectivity index (χ0v) is 9.23. The first kappa shape index (κ1) is 10.4. The zero-order valence-electron chi connectivity index (χ0n) is 9.23. The van der Waals surface area contributed by atoms with E-state index >= 15 is 0 Å². The summed E-state index contributed by atoms with van der Waals surface area (Å²) in [7, 11) is 0. The minimum Gasteiger partial charge on any atom is -0.463 e. The zero-order chi connectivity index (χ0) is 11.5. The van der Waals surface area contributed by atoms with Crippen LogP contribution in [0.15, 0.2) is 55.6 Å². The maximum atomic E-state index is 5.42. The Morgan fingerprint density at radius 1 is 1.19 bits per heavy atom. The van der Waals surface area contributed by atoms with Crippen LogP contribution in [-0.2, 0) is 4.74 Å². The third-order valence-electron chi connectivity index (χ3n) is 2.27. The summed E-state index contributed by atoms with van der Waals surface area (Å²) in [5.74, 6) is 1.20. The molecule has 0 saturated carbocycles. The van der Waals surface area contributed by atoms with E-state index in [0.29, 0.717) is 11.5 Å². The fraction of sp³-hybridized carbons (Fsp3) is 0.0714. The van der Waals surface area contributed by atoms with E-state index < -0.39 is 0 Å². The summed E-state index contributed by atoms with van der Waals surface area (Å²) >= 11 is 0. The van der Waals surface area contributed by atoms with Crippen molar-refractivity contribution in [2.24, 2.45) is 0 Å². The van der Waals surface area contributed by atoms with Gasteiger partial charge in [0.1, 0.15) is 5.76 Å². The Hall–Kier alpha value is -2.09. The highest BCUT2D eigenvalue weighted by Gasteiger charge is 2.05. The summed E-state index contributed by atoms with van der Waals surface area (Å²) in [6.45, 7) is 9.38. The SMILES string of the molecule is C=C(C)OC(=C)c1cncc2ccccc12. The third kappa shape index (κ3) is 1.96. The van der Waals surface area contributed by atoms with Gasteiger partial charge in [0.05, 0.1) is 5.76 Å². The van der Waals surface area contributed by atoms with E-state index in [-0.39, 0.29) is 0 Å². The summed E-state index contributed by atoms with van der Waals surface area (Å²) in [4.78, 5) is 4.17. The van der Waals surface area contributed by atoms with Crippen molar-refractivity contribution in [2.75, 3.05) is 0 Å². The van der Waals surface area contributed by atoms with E-state index in [0.717, 1.165) is 16.3 Å². The van der Waals surface area contributed by atoms with E-state index in [1.807, 2.05) is 30.5 Å². The normalized spacial score (nSPS) is 10.1. The van der Waals surface area contributed by atoms with Crippen molar-refractivity contribution >= 4 is 16.5 Å². The van der Waals surface area contributed by atoms with Crippen molar-refractivity contribution in [1.29, 1.82) is 0 Å². The third-order valence-corrected chi connectivity index (χ3v) is 2.27. The molecule has 2 heteroatoms. The van der Waals surface area contributed by atoms with Crippen molar-refractivity contribution in [1.82, 2.24) is 4.98 Å². The summed E-state index contributed by atoms with van der Waals surface area (Å²) < 4.78 is 5.42. The van der Waals surface area contributed by atoms with Crippen LogP contribution in [0.25, 0.3) is 16.5 Å². The van der Waals surface area contributed by atoms with E-state index in [2.05, 4.69) is 18.1 Å². The lowest BCUT2D eigenvalue weighted by molar-refractivity contribution is 0.389. The van der Waals surface area contributed by atoms with E-state index in [4.69, 9.17) is 4.74 Å². The molecule has 1 heterocycles. The Morgan fingerprint density at radius 2 is 1.94 bits per heavy atom. The van der Waals surface area contributed by atoms with Gasteiger partial charge >= 0.3 is 0 Å². The number of benzene rings is 1. The molecule has 80 valence electrons. The van der Waals surface area contributed by atoms with Crippen LogP contribution in [0.3, 0.4) is 0 Å². The lowest BCUT2D eigenvalue weighted by atomic mass is 10.1. The van der Waals surface area contributed by atoms with Crippen molar-refractivity contribution in [3.63, 3.8) is 0 Å². The predicted octanol–water partition coefficient (Wildman–Crippen LogP) is 3.76. The smallest absolute Gasteiger partial charge is 0.129 e. The van der Waals surface area contributed by atoms with Crippen LogP contribution in [0.5, 0.6) is 0 Å². The molecule has 0 aliphatic rings. The summed E-state index contributed by atoms with van der Waals surface area (Å²) in [6.07, 6.45) is 3.58. The molecule has 0 aliphatic heterocycles. The van der Waals surface area contributed by atoms with Gasteiger partial charge < -0.3 is 4.74 Å². The number of pyridine rings is 1. The lowest BCUT2D eigenvalue weighted by Crippen LogP contribution is -1.91. The first-order chi connectivity index (χ1) is 7.68. The summed E-state index contributed by atoms with van der Waals surface area (Å²) in [6, 6.07) is 8.01. The number of allylic oxidation sites excluding steroid dienone is 1. The highest BCUT2D eigenvalue weighted by atomic mass is 16.5. The number of hydrogen-bond donors (Lipinski definition) is 0. The van der Waals surface area contributed by atoms with Crippen LogP contribution in [0.4, 0.5) is 0 Å². The number of fused-ring (bicyclic) bond motifs is 1. The number of rotatable bonds is 3. The van der Waals surface area contributed by atoms with Gasteiger partial charge in [0.25, 0.3) is 0 Å². The molecule has 0 radical (unpaired) electrons. The molecule has 2 aromatic rings. The van der Waals surface area contributed by atoms with E-state index in [1.165, 1.54) is 0 Å². The second kappa shape index (κ2) is 4.19. The van der Waals surface area contributed by atoms with Gasteiger partial charge in [-0.15, -0.1) is 0 Å². The van der Waals surface area contributed by atoms with Gasteiger partial charge in [0.15, 0.2) is 0 Å². The Morgan fingerprint density at radius 3 is 2.69 bits per heavy atom. The van der Waals surface area contributed by atoms with Gasteiger partial charge in [0, 0.05) is 23.3 Å². The predicted molar refractivity (Wildman–Crippen MR) is 66.7 cm³/mol. The van der Waals surface area contributed by atoms with Gasteiger partial charge in [-0.25, -0.2) is 0 Å². The first-order valence-corrected chi connectivity index (χ1v) is 5.04. The number of ether oxygens (including phenoxy) is 1. The molecule has 0 fully saturated rings. The molecule has 0 spiro atoms. The average molecular weight is 211 g/mol. The maximum Gasteiger partial charge on any atom is 0.129 e. The molecular formula is C14H13NO. The quantitative estimate of drug-likeness (QED) is 0.721. The lowest BCUT2D eigenvalue weighted by Gasteiger charge is -2.10. The van der Waals surface area contributed by atoms with Gasteiger partial charge in [-0.3, -0.25) is 4.98 Å². The number of hydrogen-bond acceptors (Lipinski definition) is 2. The monoisotopic (exact) mass is 211 g/mol. The van der Waals surface area contributed by atoms with Gasteiger partial charge in [-0.05, 0) is 12.3 Å². The first-order valence-electron chi connectivity index (χ1n) is 5.04. The molecular weight excluding hydrogens is 198 g/mol. The van der Waals surface area contributed by atoms with Crippen molar-refractivity contribution in [3.05, 3.63) is 61.1 Å². The van der Waals surface area contributed by atoms with E-state index in [1.54, 1.807) is 13.1 Å². The van der Waals surface area contributed by atoms with Crippen molar-refractivity contribution in [2.45, 2.75) is 6.92 Å². The molecule has 0 amide bonds. The molecule has 0 bridgehead atoms. The summed E-state index contributed by atoms with van der Waals surface area (Å²) in [5, 5.41) is 2.16. The van der Waals surface area contributed by atoms with Crippen LogP contribution in [0.1, 0.15) is 12.5 Å². The molecule has 0 saturated heterocycles. The molecule has 1 aromatic heterocycles. The van der Waals surface area contributed by atoms with Crippen LogP contribution < -0.4 is 0 Å². The molecule has 2 nitrogen and oxygen atoms in total. The van der Waals surface area contributed by atoms with E-state index in [9.17, 15) is 0 Å². The highest BCUT2D eigenvalue weighted by molar-refractivity contribution is 5.91.